The number of hydrogen-bond donors (Lipinski definition) is 1. The van der Waals surface area contributed by atoms with Crippen molar-refractivity contribution in [2.24, 2.45) is 5.73 Å². The highest BCUT2D eigenvalue weighted by Crippen LogP contribution is 2.31. The molecule has 0 radical (unpaired) electrons. The van der Waals surface area contributed by atoms with Crippen LogP contribution in [0.25, 0.3) is 16.6 Å². The molecule has 0 aliphatic heterocycles. The first-order chi connectivity index (χ1) is 13.1. The van der Waals surface area contributed by atoms with Crippen LogP contribution in [0.4, 0.5) is 4.39 Å². The van der Waals surface area contributed by atoms with Gasteiger partial charge in [0.25, 0.3) is 0 Å². The van der Waals surface area contributed by atoms with Gasteiger partial charge < -0.3 is 10.5 Å². The molecule has 0 unspecified atom stereocenters. The second-order valence-electron chi connectivity index (χ2n) is 6.53. The number of ether oxygens (including phenoxy) is 1. The second kappa shape index (κ2) is 7.21. The second-order valence-corrected chi connectivity index (χ2v) is 6.53. The van der Waals surface area contributed by atoms with Gasteiger partial charge in [-0.05, 0) is 48.9 Å². The highest BCUT2D eigenvalue weighted by Gasteiger charge is 2.20. The van der Waals surface area contributed by atoms with Gasteiger partial charge in [-0.3, -0.25) is 0 Å². The van der Waals surface area contributed by atoms with E-state index in [0.29, 0.717) is 5.75 Å². The zero-order valence-electron chi connectivity index (χ0n) is 14.9. The van der Waals surface area contributed by atoms with Crippen LogP contribution in [0, 0.1) is 5.82 Å². The summed E-state index contributed by atoms with van der Waals surface area (Å²) >= 11 is 0. The average Bonchev–Trinajstić information content (AvgIpc) is 3.12. The van der Waals surface area contributed by atoms with Crippen molar-refractivity contribution in [3.63, 3.8) is 0 Å². The number of hydrogen-bond acceptors (Lipinski definition) is 3. The molecule has 0 amide bonds. The zero-order chi connectivity index (χ0) is 18.8. The third kappa shape index (κ3) is 3.41. The summed E-state index contributed by atoms with van der Waals surface area (Å²) in [5.74, 6) is 0.439. The molecular weight excluding hydrogens is 341 g/mol. The number of fused-ring (bicyclic) bond motifs is 1. The predicted octanol–water partition coefficient (Wildman–Crippen LogP) is 4.63. The summed E-state index contributed by atoms with van der Waals surface area (Å²) in [6.07, 6.45) is 1.49. The van der Waals surface area contributed by atoms with E-state index < -0.39 is 0 Å². The quantitative estimate of drug-likeness (QED) is 0.564. The summed E-state index contributed by atoms with van der Waals surface area (Å²) in [5, 5.41) is 5.34. The summed E-state index contributed by atoms with van der Waals surface area (Å²) in [6, 6.07) is 21.8. The lowest BCUT2D eigenvalue weighted by Crippen LogP contribution is -2.29. The molecule has 0 spiro atoms. The monoisotopic (exact) mass is 361 g/mol. The van der Waals surface area contributed by atoms with Crippen molar-refractivity contribution >= 4 is 10.9 Å². The number of rotatable bonds is 5. The molecule has 0 bridgehead atoms. The Hall–Kier alpha value is -3.18. The average molecular weight is 361 g/mol. The lowest BCUT2D eigenvalue weighted by Gasteiger charge is -2.23. The molecule has 4 nitrogen and oxygen atoms in total. The van der Waals surface area contributed by atoms with Crippen molar-refractivity contribution in [2.45, 2.75) is 19.1 Å². The van der Waals surface area contributed by atoms with Crippen molar-refractivity contribution in [1.82, 2.24) is 9.78 Å². The Labute approximate surface area is 157 Å². The van der Waals surface area contributed by atoms with Crippen LogP contribution < -0.4 is 10.5 Å². The molecule has 0 aliphatic rings. The first-order valence-electron chi connectivity index (χ1n) is 8.83. The number of aromatic nitrogens is 2. The molecule has 1 aromatic heterocycles. The van der Waals surface area contributed by atoms with Gasteiger partial charge in [0.1, 0.15) is 17.7 Å². The lowest BCUT2D eigenvalue weighted by atomic mass is 10.0. The van der Waals surface area contributed by atoms with Gasteiger partial charge in [0.2, 0.25) is 0 Å². The molecule has 2 atom stereocenters. The van der Waals surface area contributed by atoms with E-state index in [1.165, 1.54) is 12.1 Å². The van der Waals surface area contributed by atoms with Crippen LogP contribution in [0.1, 0.15) is 18.6 Å². The fraction of sp³-hybridized carbons (Fsp3) is 0.136. The van der Waals surface area contributed by atoms with Crippen molar-refractivity contribution < 1.29 is 9.13 Å². The Morgan fingerprint density at radius 3 is 2.41 bits per heavy atom. The van der Waals surface area contributed by atoms with Gasteiger partial charge >= 0.3 is 0 Å². The van der Waals surface area contributed by atoms with E-state index >= 15 is 0 Å². The summed E-state index contributed by atoms with van der Waals surface area (Å²) in [4.78, 5) is 0. The van der Waals surface area contributed by atoms with Crippen LogP contribution in [0.5, 0.6) is 5.75 Å². The van der Waals surface area contributed by atoms with Crippen molar-refractivity contribution in [2.75, 3.05) is 0 Å². The topological polar surface area (TPSA) is 53.1 Å². The molecule has 0 saturated carbocycles. The maximum Gasteiger partial charge on any atom is 0.138 e. The standard InChI is InChI=1S/C22H20FN3O/c1-15(24)22(16-6-3-2-4-7-16)27-21-9-5-8-20-19(21)14-25-26(20)18-12-10-17(23)11-13-18/h2-15,22H,24H2,1H3/t15-,22-/m0/s1. The van der Waals surface area contributed by atoms with Gasteiger partial charge in [0.05, 0.1) is 22.8 Å². The molecule has 0 saturated heterocycles. The molecule has 1 heterocycles. The van der Waals surface area contributed by atoms with Crippen LogP contribution in [-0.4, -0.2) is 15.8 Å². The Morgan fingerprint density at radius 1 is 0.963 bits per heavy atom. The van der Waals surface area contributed by atoms with Gasteiger partial charge in [-0.25, -0.2) is 9.07 Å². The Bertz CT molecular complexity index is 1040. The van der Waals surface area contributed by atoms with Gasteiger partial charge in [0, 0.05) is 6.04 Å². The summed E-state index contributed by atoms with van der Waals surface area (Å²) < 4.78 is 21.3. The van der Waals surface area contributed by atoms with E-state index in [2.05, 4.69) is 5.10 Å². The first-order valence-corrected chi connectivity index (χ1v) is 8.83. The number of nitrogens with zero attached hydrogens (tertiary/aromatic N) is 2. The maximum absolute atomic E-state index is 13.2. The predicted molar refractivity (Wildman–Crippen MR) is 104 cm³/mol. The largest absolute Gasteiger partial charge is 0.483 e. The molecule has 0 fully saturated rings. The molecule has 5 heteroatoms. The lowest BCUT2D eigenvalue weighted by molar-refractivity contribution is 0.183. The molecule has 2 N–H and O–H groups in total. The Morgan fingerprint density at radius 2 is 1.70 bits per heavy atom. The number of benzene rings is 3. The summed E-state index contributed by atoms with van der Waals surface area (Å²) in [7, 11) is 0. The van der Waals surface area contributed by atoms with Gasteiger partial charge in [0.15, 0.2) is 0 Å². The van der Waals surface area contributed by atoms with E-state index in [1.807, 2.05) is 55.5 Å². The van der Waals surface area contributed by atoms with Crippen LogP contribution in [0.2, 0.25) is 0 Å². The minimum Gasteiger partial charge on any atom is -0.483 e. The van der Waals surface area contributed by atoms with Gasteiger partial charge in [-0.15, -0.1) is 0 Å². The molecule has 4 rings (SSSR count). The van der Waals surface area contributed by atoms with Crippen LogP contribution in [0.3, 0.4) is 0 Å². The normalized spacial score (nSPS) is 13.4. The van der Waals surface area contributed by atoms with Crippen molar-refractivity contribution in [3.8, 4) is 11.4 Å². The van der Waals surface area contributed by atoms with Crippen molar-refractivity contribution in [1.29, 1.82) is 0 Å². The van der Waals surface area contributed by atoms with E-state index in [-0.39, 0.29) is 18.0 Å². The minimum absolute atomic E-state index is 0.185. The SMILES string of the molecule is C[C@H](N)[C@H](Oc1cccc2c1cnn2-c1ccc(F)cc1)c1ccccc1. The fourth-order valence-corrected chi connectivity index (χ4v) is 3.17. The molecular formula is C22H20FN3O. The maximum atomic E-state index is 13.2. The van der Waals surface area contributed by atoms with E-state index in [1.54, 1.807) is 23.0 Å². The smallest absolute Gasteiger partial charge is 0.138 e. The third-order valence-electron chi connectivity index (χ3n) is 4.50. The summed E-state index contributed by atoms with van der Waals surface area (Å²) in [5.41, 5.74) is 8.89. The van der Waals surface area contributed by atoms with E-state index in [4.69, 9.17) is 10.5 Å². The van der Waals surface area contributed by atoms with E-state index in [0.717, 1.165) is 22.2 Å². The zero-order valence-corrected chi connectivity index (χ0v) is 14.9. The van der Waals surface area contributed by atoms with Crippen molar-refractivity contribution in [3.05, 3.63) is 90.4 Å². The fourth-order valence-electron chi connectivity index (χ4n) is 3.17. The molecule has 3 aromatic carbocycles. The molecule has 136 valence electrons. The van der Waals surface area contributed by atoms with Gasteiger partial charge in [-0.1, -0.05) is 36.4 Å². The highest BCUT2D eigenvalue weighted by atomic mass is 19.1. The number of nitrogens with two attached hydrogens (primary N) is 1. The summed E-state index contributed by atoms with van der Waals surface area (Å²) in [6.45, 7) is 1.93. The van der Waals surface area contributed by atoms with E-state index in [9.17, 15) is 4.39 Å². The molecule has 27 heavy (non-hydrogen) atoms. The number of halogens is 1. The minimum atomic E-state index is -0.276. The highest BCUT2D eigenvalue weighted by molar-refractivity contribution is 5.86. The van der Waals surface area contributed by atoms with Gasteiger partial charge in [-0.2, -0.15) is 5.10 Å². The Balaban J connectivity index is 1.73. The van der Waals surface area contributed by atoms with Crippen LogP contribution in [-0.2, 0) is 0 Å². The third-order valence-corrected chi connectivity index (χ3v) is 4.50. The Kier molecular flexibility index (Phi) is 4.60. The van der Waals surface area contributed by atoms with Crippen LogP contribution >= 0.6 is 0 Å². The first kappa shape index (κ1) is 17.2. The molecule has 4 aromatic rings. The molecule has 0 aliphatic carbocycles. The van der Waals surface area contributed by atoms with Crippen LogP contribution in [0.15, 0.2) is 79.0 Å².